The van der Waals surface area contributed by atoms with E-state index in [2.05, 4.69) is 41.7 Å². The van der Waals surface area contributed by atoms with Gasteiger partial charge in [-0.1, -0.05) is 73.5 Å². The smallest absolute Gasteiger partial charge is 0.255 e. The number of nitrogens with one attached hydrogen (secondary N) is 1. The van der Waals surface area contributed by atoms with Crippen LogP contribution in [0.15, 0.2) is 66.7 Å². The molecule has 0 spiro atoms. The molecule has 2 bridgehead atoms. The molecule has 3 saturated carbocycles. The van der Waals surface area contributed by atoms with Crippen LogP contribution in [0.25, 0.3) is 11.1 Å². The minimum atomic E-state index is -1.01. The lowest BCUT2D eigenvalue weighted by atomic mass is 9.43. The molecule has 0 aliphatic heterocycles. The van der Waals surface area contributed by atoms with E-state index < -0.39 is 11.0 Å². The van der Waals surface area contributed by atoms with Crippen LogP contribution in [0.2, 0.25) is 0 Å². The van der Waals surface area contributed by atoms with E-state index in [1.807, 2.05) is 24.3 Å². The number of carbonyl (C=O) groups excluding carboxylic acids is 2. The van der Waals surface area contributed by atoms with Crippen LogP contribution in [0.5, 0.6) is 5.75 Å². The molecule has 0 heterocycles. The van der Waals surface area contributed by atoms with Gasteiger partial charge in [-0.05, 0) is 84.6 Å². The first-order chi connectivity index (χ1) is 19.9. The summed E-state index contributed by atoms with van der Waals surface area (Å²) in [7, 11) is 0. The molecule has 5 nitrogen and oxygen atoms in total. The summed E-state index contributed by atoms with van der Waals surface area (Å²) < 4.78 is 0. The van der Waals surface area contributed by atoms with Crippen molar-refractivity contribution in [2.24, 2.45) is 17.8 Å². The number of phenolic OH excluding ortho intramolecular Hbond substituents is 1. The van der Waals surface area contributed by atoms with Gasteiger partial charge in [0.05, 0.1) is 11.2 Å². The number of aliphatic hydroxyl groups is 1. The van der Waals surface area contributed by atoms with Crippen LogP contribution in [0, 0.1) is 17.8 Å². The lowest BCUT2D eigenvalue weighted by Gasteiger charge is -2.62. The van der Waals surface area contributed by atoms with Gasteiger partial charge in [0, 0.05) is 30.4 Å². The number of ketones is 1. The van der Waals surface area contributed by atoms with Gasteiger partial charge in [-0.3, -0.25) is 9.59 Å². The topological polar surface area (TPSA) is 86.6 Å². The number of aromatic hydroxyl groups is 1. The van der Waals surface area contributed by atoms with Gasteiger partial charge in [-0.2, -0.15) is 0 Å². The van der Waals surface area contributed by atoms with Gasteiger partial charge in [0.1, 0.15) is 11.5 Å². The minimum Gasteiger partial charge on any atom is -0.507 e. The predicted octanol–water partition coefficient (Wildman–Crippen LogP) is 6.14. The Morgan fingerprint density at radius 3 is 2.44 bits per heavy atom. The number of benzene rings is 3. The fourth-order valence-electron chi connectivity index (χ4n) is 8.51. The highest BCUT2D eigenvalue weighted by atomic mass is 16.3. The number of rotatable bonds is 7. The molecule has 3 fully saturated rings. The van der Waals surface area contributed by atoms with Gasteiger partial charge >= 0.3 is 0 Å². The zero-order valence-corrected chi connectivity index (χ0v) is 23.6. The van der Waals surface area contributed by atoms with E-state index in [-0.39, 0.29) is 35.3 Å². The highest BCUT2D eigenvalue weighted by molar-refractivity contribution is 5.98. The molecule has 4 aliphatic rings. The molecule has 3 aromatic rings. The van der Waals surface area contributed by atoms with Crippen LogP contribution in [-0.2, 0) is 23.1 Å². The molecule has 7 rings (SSSR count). The van der Waals surface area contributed by atoms with Crippen molar-refractivity contribution in [1.29, 1.82) is 0 Å². The Kier molecular flexibility index (Phi) is 6.54. The van der Waals surface area contributed by atoms with Crippen LogP contribution in [0.3, 0.4) is 0 Å². The predicted molar refractivity (Wildman–Crippen MR) is 159 cm³/mol. The maximum absolute atomic E-state index is 13.3. The second kappa shape index (κ2) is 10.1. The fourth-order valence-corrected chi connectivity index (χ4v) is 8.51. The molecule has 4 atom stereocenters. The maximum atomic E-state index is 13.3. The Labute approximate surface area is 242 Å². The Balaban J connectivity index is 1.11. The number of Topliss-reactive ketones (excluding diaryl/α,β-unsaturated/α-hetero) is 1. The lowest BCUT2D eigenvalue weighted by molar-refractivity contribution is -0.173. The molecule has 4 aliphatic carbocycles. The van der Waals surface area contributed by atoms with Crippen LogP contribution >= 0.6 is 0 Å². The summed E-state index contributed by atoms with van der Waals surface area (Å²) in [6.45, 7) is 0.443. The number of carbonyl (C=O) groups is 2. The third-order valence-corrected chi connectivity index (χ3v) is 10.8. The summed E-state index contributed by atoms with van der Waals surface area (Å²) in [4.78, 5) is 26.2. The van der Waals surface area contributed by atoms with E-state index in [1.165, 1.54) is 18.4 Å². The van der Waals surface area contributed by atoms with E-state index >= 15 is 0 Å². The second-order valence-corrected chi connectivity index (χ2v) is 13.1. The number of phenols is 1. The summed E-state index contributed by atoms with van der Waals surface area (Å²) in [6.07, 6.45) is 7.88. The van der Waals surface area contributed by atoms with Gasteiger partial charge in [0.2, 0.25) is 0 Å². The SMILES string of the molecule is O=C1CC[C@@]2(O)[C@H]3Cc4ccc(C(=O)NCCc5ccc(-c6ccccc6)cc5)c(O)c4[C@@]2(CCC3CC2CC2)C1. The van der Waals surface area contributed by atoms with E-state index in [0.29, 0.717) is 50.1 Å². The van der Waals surface area contributed by atoms with Crippen LogP contribution in [0.4, 0.5) is 0 Å². The highest BCUT2D eigenvalue weighted by Gasteiger charge is 2.65. The Morgan fingerprint density at radius 1 is 0.927 bits per heavy atom. The van der Waals surface area contributed by atoms with Crippen molar-refractivity contribution < 1.29 is 19.8 Å². The van der Waals surface area contributed by atoms with Crippen LogP contribution in [0.1, 0.15) is 78.4 Å². The normalized spacial score (nSPS) is 28.5. The van der Waals surface area contributed by atoms with E-state index in [0.717, 1.165) is 35.4 Å². The average molecular weight is 550 g/mol. The van der Waals surface area contributed by atoms with Crippen molar-refractivity contribution in [2.75, 3.05) is 6.54 Å². The van der Waals surface area contributed by atoms with Crippen molar-refractivity contribution in [3.63, 3.8) is 0 Å². The molecule has 0 saturated heterocycles. The first-order valence-electron chi connectivity index (χ1n) is 15.4. The van der Waals surface area contributed by atoms with Crippen molar-refractivity contribution in [3.8, 4) is 16.9 Å². The summed E-state index contributed by atoms with van der Waals surface area (Å²) in [5.74, 6) is 1.12. The zero-order valence-electron chi connectivity index (χ0n) is 23.6. The zero-order chi connectivity index (χ0) is 28.2. The summed E-state index contributed by atoms with van der Waals surface area (Å²) >= 11 is 0. The number of hydrogen-bond acceptors (Lipinski definition) is 4. The molecule has 0 radical (unpaired) electrons. The van der Waals surface area contributed by atoms with Gasteiger partial charge in [0.25, 0.3) is 5.91 Å². The fraction of sp³-hybridized carbons (Fsp3) is 0.444. The first kappa shape index (κ1) is 26.5. The molecule has 3 aromatic carbocycles. The third kappa shape index (κ3) is 4.50. The van der Waals surface area contributed by atoms with Gasteiger partial charge in [-0.25, -0.2) is 0 Å². The highest BCUT2D eigenvalue weighted by Crippen LogP contribution is 2.64. The summed E-state index contributed by atoms with van der Waals surface area (Å²) in [5.41, 5.74) is 3.53. The average Bonchev–Trinajstić information content (AvgIpc) is 3.80. The quantitative estimate of drug-likeness (QED) is 0.331. The molecule has 1 amide bonds. The third-order valence-electron chi connectivity index (χ3n) is 10.8. The number of fused-ring (bicyclic) bond motifs is 1. The molecular weight excluding hydrogens is 510 g/mol. The second-order valence-electron chi connectivity index (χ2n) is 13.1. The standard InChI is InChI=1S/C36H39NO4/c38-29-15-18-36(41)31-21-28-12-13-30(33(39)32(28)35(36,22-29)17-14-27(31)20-24-6-7-24)34(40)37-19-16-23-8-10-26(11-9-23)25-4-2-1-3-5-25/h1-5,8-13,24,27,31,39,41H,6-7,14-22H2,(H,37,40)/t27?,31-,35+,36+/m0/s1. The summed E-state index contributed by atoms with van der Waals surface area (Å²) in [6, 6.07) is 22.3. The monoisotopic (exact) mass is 549 g/mol. The van der Waals surface area contributed by atoms with E-state index in [1.54, 1.807) is 6.07 Å². The van der Waals surface area contributed by atoms with E-state index in [9.17, 15) is 19.8 Å². The van der Waals surface area contributed by atoms with Crippen LogP contribution in [-0.4, -0.2) is 34.0 Å². The van der Waals surface area contributed by atoms with Crippen LogP contribution < -0.4 is 5.32 Å². The molecule has 41 heavy (non-hydrogen) atoms. The van der Waals surface area contributed by atoms with Crippen molar-refractivity contribution in [2.45, 2.75) is 75.2 Å². The minimum absolute atomic E-state index is 0.0422. The molecular formula is C36H39NO4. The first-order valence-corrected chi connectivity index (χ1v) is 15.4. The number of amides is 1. The number of hydrogen-bond donors (Lipinski definition) is 3. The van der Waals surface area contributed by atoms with E-state index in [4.69, 9.17) is 0 Å². The van der Waals surface area contributed by atoms with Crippen molar-refractivity contribution in [1.82, 2.24) is 5.32 Å². The maximum Gasteiger partial charge on any atom is 0.255 e. The Morgan fingerprint density at radius 2 is 1.68 bits per heavy atom. The molecule has 1 unspecified atom stereocenters. The molecule has 5 heteroatoms. The Bertz CT molecular complexity index is 1480. The molecule has 3 N–H and O–H groups in total. The van der Waals surface area contributed by atoms with Crippen molar-refractivity contribution >= 4 is 11.7 Å². The summed E-state index contributed by atoms with van der Waals surface area (Å²) in [5, 5.41) is 27.0. The largest absolute Gasteiger partial charge is 0.507 e. The molecule has 0 aromatic heterocycles. The Hall–Kier alpha value is -3.44. The van der Waals surface area contributed by atoms with Gasteiger partial charge < -0.3 is 15.5 Å². The van der Waals surface area contributed by atoms with Gasteiger partial charge in [-0.15, -0.1) is 0 Å². The lowest BCUT2D eigenvalue weighted by Crippen LogP contribution is -2.66. The molecule has 212 valence electrons. The van der Waals surface area contributed by atoms with Gasteiger partial charge in [0.15, 0.2) is 0 Å². The van der Waals surface area contributed by atoms with Crippen molar-refractivity contribution in [3.05, 3.63) is 89.0 Å².